The third-order valence-corrected chi connectivity index (χ3v) is 3.60. The highest BCUT2D eigenvalue weighted by Gasteiger charge is 2.21. The van der Waals surface area contributed by atoms with Crippen LogP contribution in [0.2, 0.25) is 5.02 Å². The van der Waals surface area contributed by atoms with Gasteiger partial charge in [0.05, 0.1) is 6.10 Å². The summed E-state index contributed by atoms with van der Waals surface area (Å²) in [5, 5.41) is 22.7. The number of halogens is 1. The molecule has 0 radical (unpaired) electrons. The first-order valence-electron chi connectivity index (χ1n) is 6.45. The second-order valence-corrected chi connectivity index (χ2v) is 5.48. The molecule has 3 N–H and O–H groups in total. The molecule has 5 nitrogen and oxygen atoms in total. The Morgan fingerprint density at radius 2 is 1.95 bits per heavy atom. The van der Waals surface area contributed by atoms with Crippen LogP contribution in [0.1, 0.15) is 18.6 Å². The van der Waals surface area contributed by atoms with Crippen LogP contribution in [0, 0.1) is 0 Å². The lowest BCUT2D eigenvalue weighted by atomic mass is 10.1. The van der Waals surface area contributed by atoms with Crippen molar-refractivity contribution in [2.24, 2.45) is 0 Å². The molecule has 22 heavy (non-hydrogen) atoms. The second-order valence-electron chi connectivity index (χ2n) is 4.65. The van der Waals surface area contributed by atoms with Gasteiger partial charge in [-0.15, -0.1) is 0 Å². The Labute approximate surface area is 138 Å². The fourth-order valence-corrected chi connectivity index (χ4v) is 2.32. The highest BCUT2D eigenvalue weighted by atomic mass is 35.5. The van der Waals surface area contributed by atoms with Gasteiger partial charge in [0, 0.05) is 16.3 Å². The molecule has 2 aromatic rings. The Balaban J connectivity index is 2.29. The van der Waals surface area contributed by atoms with Crippen LogP contribution in [-0.2, 0) is 0 Å². The predicted octanol–water partition coefficient (Wildman–Crippen LogP) is 3.98. The van der Waals surface area contributed by atoms with Gasteiger partial charge in [-0.2, -0.15) is 0 Å². The van der Waals surface area contributed by atoms with E-state index in [1.165, 1.54) is 19.1 Å². The molecular formula is C15H15ClN2O3S. The van der Waals surface area contributed by atoms with E-state index in [0.717, 1.165) is 4.31 Å². The number of urea groups is 1. The van der Waals surface area contributed by atoms with Gasteiger partial charge >= 0.3 is 6.03 Å². The number of hydrogen-bond acceptors (Lipinski definition) is 4. The number of nitrogens with one attached hydrogen (secondary N) is 1. The Bertz CT molecular complexity index is 680. The molecule has 7 heteroatoms. The Morgan fingerprint density at radius 3 is 2.55 bits per heavy atom. The summed E-state index contributed by atoms with van der Waals surface area (Å²) in [4.78, 5) is 12.2. The van der Waals surface area contributed by atoms with Crippen LogP contribution in [0.25, 0.3) is 0 Å². The zero-order valence-electron chi connectivity index (χ0n) is 11.7. The van der Waals surface area contributed by atoms with Gasteiger partial charge in [-0.05, 0) is 31.2 Å². The number of para-hydroxylation sites is 1. The van der Waals surface area contributed by atoms with E-state index in [2.05, 4.69) is 18.1 Å². The van der Waals surface area contributed by atoms with Crippen LogP contribution >= 0.6 is 24.4 Å². The summed E-state index contributed by atoms with van der Waals surface area (Å²) in [7, 11) is 0. The molecular weight excluding hydrogens is 324 g/mol. The van der Waals surface area contributed by atoms with E-state index in [0.29, 0.717) is 5.69 Å². The highest BCUT2D eigenvalue weighted by Crippen LogP contribution is 2.38. The number of carbonyl (C=O) groups excluding carboxylic acids is 1. The molecule has 2 aromatic carbocycles. The number of phenolic OH excluding ortho intramolecular Hbond substituents is 1. The van der Waals surface area contributed by atoms with Gasteiger partial charge in [0.25, 0.3) is 0 Å². The predicted molar refractivity (Wildman–Crippen MR) is 90.7 cm³/mol. The molecule has 0 fully saturated rings. The van der Waals surface area contributed by atoms with Crippen molar-refractivity contribution in [3.8, 4) is 5.75 Å². The summed E-state index contributed by atoms with van der Waals surface area (Å²) in [6, 6.07) is 11.1. The number of aromatic hydroxyl groups is 1. The van der Waals surface area contributed by atoms with Crippen molar-refractivity contribution >= 4 is 41.8 Å². The minimum absolute atomic E-state index is 0.0835. The van der Waals surface area contributed by atoms with Crippen molar-refractivity contribution in [1.82, 2.24) is 0 Å². The third-order valence-electron chi connectivity index (χ3n) is 2.98. The summed E-state index contributed by atoms with van der Waals surface area (Å²) in [6.07, 6.45) is -0.934. The number of phenols is 1. The van der Waals surface area contributed by atoms with Crippen molar-refractivity contribution in [3.63, 3.8) is 0 Å². The quantitative estimate of drug-likeness (QED) is 0.639. The van der Waals surface area contributed by atoms with Gasteiger partial charge in [0.1, 0.15) is 11.4 Å². The molecule has 0 bridgehead atoms. The molecule has 0 aliphatic carbocycles. The number of carbonyl (C=O) groups is 1. The Kier molecular flexibility index (Phi) is 5.18. The molecule has 0 saturated carbocycles. The number of hydrogen-bond donors (Lipinski definition) is 4. The molecule has 0 aliphatic heterocycles. The SMILES string of the molecule is CC(O)c1cc(Cl)cc(N(S)C(=O)Nc2ccccc2)c1O. The van der Waals surface area contributed by atoms with Crippen molar-refractivity contribution < 1.29 is 15.0 Å². The van der Waals surface area contributed by atoms with Crippen LogP contribution in [0.3, 0.4) is 0 Å². The topological polar surface area (TPSA) is 72.8 Å². The Hall–Kier alpha value is -1.89. The number of aliphatic hydroxyl groups is 1. The molecule has 2 rings (SSSR count). The van der Waals surface area contributed by atoms with Crippen LogP contribution in [0.4, 0.5) is 16.2 Å². The molecule has 1 unspecified atom stereocenters. The number of thiol groups is 1. The summed E-state index contributed by atoms with van der Waals surface area (Å²) >= 11 is 10.1. The minimum Gasteiger partial charge on any atom is -0.505 e. The van der Waals surface area contributed by atoms with Gasteiger partial charge in [-0.3, -0.25) is 0 Å². The van der Waals surface area contributed by atoms with Gasteiger partial charge in [0.15, 0.2) is 0 Å². The molecule has 0 heterocycles. The summed E-state index contributed by atoms with van der Waals surface area (Å²) in [5.41, 5.74) is 0.887. The molecule has 2 amide bonds. The fourth-order valence-electron chi connectivity index (χ4n) is 1.89. The summed E-state index contributed by atoms with van der Waals surface area (Å²) in [5.74, 6) is -0.252. The molecule has 116 valence electrons. The molecule has 0 aromatic heterocycles. The number of anilines is 2. The van der Waals surface area contributed by atoms with Crippen molar-refractivity contribution in [3.05, 3.63) is 53.1 Å². The van der Waals surface area contributed by atoms with E-state index < -0.39 is 12.1 Å². The smallest absolute Gasteiger partial charge is 0.336 e. The summed E-state index contributed by atoms with van der Waals surface area (Å²) in [6.45, 7) is 1.49. The number of amides is 2. The average molecular weight is 339 g/mol. The van der Waals surface area contributed by atoms with E-state index in [1.54, 1.807) is 24.3 Å². The van der Waals surface area contributed by atoms with Crippen LogP contribution < -0.4 is 9.62 Å². The van der Waals surface area contributed by atoms with E-state index in [-0.39, 0.29) is 22.0 Å². The van der Waals surface area contributed by atoms with Gasteiger partial charge in [0.2, 0.25) is 0 Å². The highest BCUT2D eigenvalue weighted by molar-refractivity contribution is 7.82. The number of nitrogens with zero attached hydrogens (tertiary/aromatic N) is 1. The zero-order valence-corrected chi connectivity index (χ0v) is 13.3. The Morgan fingerprint density at radius 1 is 1.32 bits per heavy atom. The lowest BCUT2D eigenvalue weighted by Gasteiger charge is -2.20. The van der Waals surface area contributed by atoms with E-state index in [4.69, 9.17) is 11.6 Å². The van der Waals surface area contributed by atoms with Gasteiger partial charge in [-0.25, -0.2) is 9.10 Å². The maximum absolute atomic E-state index is 12.2. The maximum Gasteiger partial charge on any atom is 0.336 e. The molecule has 0 spiro atoms. The van der Waals surface area contributed by atoms with Crippen LogP contribution in [0.5, 0.6) is 5.75 Å². The largest absolute Gasteiger partial charge is 0.505 e. The normalized spacial score (nSPS) is 11.8. The van der Waals surface area contributed by atoms with Gasteiger partial charge in [-0.1, -0.05) is 42.6 Å². The summed E-state index contributed by atoms with van der Waals surface area (Å²) < 4.78 is 0.931. The monoisotopic (exact) mass is 338 g/mol. The van der Waals surface area contributed by atoms with Crippen molar-refractivity contribution in [2.45, 2.75) is 13.0 Å². The lowest BCUT2D eigenvalue weighted by molar-refractivity contribution is 0.195. The molecule has 0 aliphatic rings. The number of aliphatic hydroxyl groups excluding tert-OH is 1. The first-order chi connectivity index (χ1) is 10.4. The lowest BCUT2D eigenvalue weighted by Crippen LogP contribution is -2.27. The second kappa shape index (κ2) is 6.91. The average Bonchev–Trinajstić information content (AvgIpc) is 2.49. The molecule has 0 saturated heterocycles. The maximum atomic E-state index is 12.2. The zero-order chi connectivity index (χ0) is 16.3. The first kappa shape index (κ1) is 16.5. The minimum atomic E-state index is -0.934. The fraction of sp³-hybridized carbons (Fsp3) is 0.133. The van der Waals surface area contributed by atoms with Crippen LogP contribution in [-0.4, -0.2) is 16.2 Å². The molecule has 1 atom stereocenters. The van der Waals surface area contributed by atoms with Crippen molar-refractivity contribution in [2.75, 3.05) is 9.62 Å². The first-order valence-corrected chi connectivity index (χ1v) is 7.23. The van der Waals surface area contributed by atoms with Crippen LogP contribution in [0.15, 0.2) is 42.5 Å². The van der Waals surface area contributed by atoms with Gasteiger partial charge < -0.3 is 15.5 Å². The van der Waals surface area contributed by atoms with Crippen molar-refractivity contribution in [1.29, 1.82) is 0 Å². The van der Waals surface area contributed by atoms with E-state index >= 15 is 0 Å². The van der Waals surface area contributed by atoms with E-state index in [9.17, 15) is 15.0 Å². The third kappa shape index (κ3) is 3.65. The number of benzene rings is 2. The standard InChI is InChI=1S/C15H15ClN2O3S/c1-9(19)12-7-10(16)8-13(14(12)20)18(22)15(21)17-11-5-3-2-4-6-11/h2-9,19-20,22H,1H3,(H,17,21). The number of rotatable bonds is 3. The van der Waals surface area contributed by atoms with E-state index in [1.807, 2.05) is 6.07 Å².